The average Bonchev–Trinajstić information content (AvgIpc) is 2.78. The maximum atomic E-state index is 13.7. The Morgan fingerprint density at radius 3 is 2.29 bits per heavy atom. The molecule has 0 spiro atoms. The number of benzene rings is 2. The highest BCUT2D eigenvalue weighted by atomic mass is 35.5. The lowest BCUT2D eigenvalue weighted by molar-refractivity contribution is -0.178. The van der Waals surface area contributed by atoms with Crippen LogP contribution in [0.4, 0.5) is 0 Å². The number of nitrogens with zero attached hydrogens (tertiary/aromatic N) is 2. The maximum absolute atomic E-state index is 13.7. The number of sulfone groups is 1. The van der Waals surface area contributed by atoms with Crippen LogP contribution in [-0.2, 0) is 19.4 Å². The van der Waals surface area contributed by atoms with Gasteiger partial charge in [0.05, 0.1) is 29.0 Å². The Labute approximate surface area is 217 Å². The van der Waals surface area contributed by atoms with E-state index in [0.717, 1.165) is 11.1 Å². The van der Waals surface area contributed by atoms with Gasteiger partial charge in [0.1, 0.15) is 12.2 Å². The molecule has 9 heteroatoms. The predicted molar refractivity (Wildman–Crippen MR) is 138 cm³/mol. The van der Waals surface area contributed by atoms with E-state index in [1.807, 2.05) is 31.2 Å². The highest BCUT2D eigenvalue weighted by Gasteiger charge is 2.48. The third kappa shape index (κ3) is 6.00. The molecule has 6 nitrogen and oxygen atoms in total. The molecule has 1 aliphatic rings. The molecule has 2 aromatic rings. The van der Waals surface area contributed by atoms with E-state index in [9.17, 15) is 18.5 Å². The van der Waals surface area contributed by atoms with Crippen LogP contribution in [0.2, 0.25) is 10.0 Å². The van der Waals surface area contributed by atoms with Gasteiger partial charge in [0.25, 0.3) is 5.91 Å². The summed E-state index contributed by atoms with van der Waals surface area (Å²) in [5.74, 6) is -0.606. The molecule has 4 atom stereocenters. The summed E-state index contributed by atoms with van der Waals surface area (Å²) < 4.78 is 31.7. The number of morpholine rings is 1. The predicted octanol–water partition coefficient (Wildman–Crippen LogP) is 5.91. The summed E-state index contributed by atoms with van der Waals surface area (Å²) in [6, 6.07) is 15.0. The molecule has 188 valence electrons. The van der Waals surface area contributed by atoms with Crippen molar-refractivity contribution in [2.45, 2.75) is 69.6 Å². The van der Waals surface area contributed by atoms with Gasteiger partial charge in [-0.15, -0.1) is 0 Å². The minimum Gasteiger partial charge on any atom is -0.357 e. The lowest BCUT2D eigenvalue weighted by atomic mass is 9.90. The van der Waals surface area contributed by atoms with Gasteiger partial charge in [-0.2, -0.15) is 5.26 Å². The molecule has 1 saturated heterocycles. The monoisotopic (exact) mass is 536 g/mol. The molecule has 1 heterocycles. The first-order valence-corrected chi connectivity index (χ1v) is 13.9. The zero-order valence-electron chi connectivity index (χ0n) is 20.2. The van der Waals surface area contributed by atoms with Gasteiger partial charge in [0.15, 0.2) is 9.84 Å². The normalized spacial score (nSPS) is 22.0. The lowest BCUT2D eigenvalue weighted by Crippen LogP contribution is -2.56. The van der Waals surface area contributed by atoms with Crippen molar-refractivity contribution in [1.29, 1.82) is 5.26 Å². The number of hydrogen-bond acceptors (Lipinski definition) is 5. The summed E-state index contributed by atoms with van der Waals surface area (Å²) in [4.78, 5) is 15.4. The van der Waals surface area contributed by atoms with Crippen molar-refractivity contribution >= 4 is 38.9 Å². The quantitative estimate of drug-likeness (QED) is 0.438. The molecule has 1 aliphatic heterocycles. The molecule has 0 radical (unpaired) electrons. The molecule has 0 saturated carbocycles. The fraction of sp³-hybridized carbons (Fsp3) is 0.462. The van der Waals surface area contributed by atoms with Crippen LogP contribution in [0.3, 0.4) is 0 Å². The van der Waals surface area contributed by atoms with Crippen LogP contribution >= 0.6 is 23.2 Å². The van der Waals surface area contributed by atoms with Gasteiger partial charge in [0, 0.05) is 16.1 Å². The molecule has 0 aliphatic carbocycles. The molecule has 0 N–H and O–H groups in total. The SMILES string of the molecule is CCC(CS(=O)(=O)C(C)(C)C)N1C(=O)[C@@H](CC#N)O[C@H](c2cccc(Cl)c2)[C@H]1c1ccc(Cl)cc1. The molecular formula is C26H30Cl2N2O4S. The van der Waals surface area contributed by atoms with Gasteiger partial charge in [0.2, 0.25) is 0 Å². The second kappa shape index (κ2) is 10.9. The van der Waals surface area contributed by atoms with Gasteiger partial charge in [-0.25, -0.2) is 8.42 Å². The topological polar surface area (TPSA) is 87.5 Å². The van der Waals surface area contributed by atoms with Gasteiger partial charge in [-0.05, 0) is 62.6 Å². The Hall–Kier alpha value is -2.11. The minimum absolute atomic E-state index is 0.151. The van der Waals surface area contributed by atoms with E-state index in [1.165, 1.54) is 0 Å². The number of hydrogen-bond donors (Lipinski definition) is 0. The van der Waals surface area contributed by atoms with Crippen molar-refractivity contribution in [3.63, 3.8) is 0 Å². The van der Waals surface area contributed by atoms with Crippen LogP contribution in [0.5, 0.6) is 0 Å². The lowest BCUT2D eigenvalue weighted by Gasteiger charge is -2.48. The fourth-order valence-corrected chi connectivity index (χ4v) is 5.95. The molecule has 1 fully saturated rings. The van der Waals surface area contributed by atoms with Gasteiger partial charge in [-0.3, -0.25) is 4.79 Å². The van der Waals surface area contributed by atoms with E-state index >= 15 is 0 Å². The third-order valence-electron chi connectivity index (χ3n) is 6.30. The van der Waals surface area contributed by atoms with E-state index < -0.39 is 44.8 Å². The minimum atomic E-state index is -3.55. The van der Waals surface area contributed by atoms with E-state index in [-0.39, 0.29) is 12.2 Å². The summed E-state index contributed by atoms with van der Waals surface area (Å²) in [5, 5.41) is 10.4. The summed E-state index contributed by atoms with van der Waals surface area (Å²) in [6.45, 7) is 6.82. The Bertz CT molecular complexity index is 1200. The second-order valence-electron chi connectivity index (χ2n) is 9.66. The number of carbonyl (C=O) groups excluding carboxylic acids is 1. The van der Waals surface area contributed by atoms with Crippen molar-refractivity contribution in [3.8, 4) is 6.07 Å². The first kappa shape index (κ1) is 27.5. The van der Waals surface area contributed by atoms with Gasteiger partial charge < -0.3 is 9.64 Å². The molecular weight excluding hydrogens is 507 g/mol. The fourth-order valence-electron chi connectivity index (χ4n) is 4.22. The Morgan fingerprint density at radius 2 is 1.74 bits per heavy atom. The first-order valence-electron chi connectivity index (χ1n) is 11.5. The standard InChI is InChI=1S/C26H30Cl2N2O4S/c1-5-21(16-35(32,33)26(2,3)4)30-23(17-9-11-19(27)12-10-17)24(18-7-6-8-20(28)15-18)34-22(13-14-29)25(30)31/h6-12,15,21-24H,5,13,16H2,1-4H3/t21?,22-,23-,24-/m1/s1. The summed E-state index contributed by atoms with van der Waals surface area (Å²) in [6.07, 6.45) is -1.44. The molecule has 1 amide bonds. The number of halogens is 2. The van der Waals surface area contributed by atoms with Crippen LogP contribution in [-0.4, -0.2) is 41.9 Å². The zero-order chi connectivity index (χ0) is 26.0. The van der Waals surface area contributed by atoms with Crippen molar-refractivity contribution in [2.75, 3.05) is 5.75 Å². The van der Waals surface area contributed by atoms with Gasteiger partial charge in [-0.1, -0.05) is 54.4 Å². The van der Waals surface area contributed by atoms with Crippen LogP contribution in [0, 0.1) is 11.3 Å². The number of ether oxygens (including phenoxy) is 1. The largest absolute Gasteiger partial charge is 0.357 e. The smallest absolute Gasteiger partial charge is 0.253 e. The molecule has 0 bridgehead atoms. The first-order chi connectivity index (χ1) is 16.4. The number of carbonyl (C=O) groups is 1. The highest BCUT2D eigenvalue weighted by Crippen LogP contribution is 2.45. The highest BCUT2D eigenvalue weighted by molar-refractivity contribution is 7.92. The van der Waals surface area contributed by atoms with Crippen molar-refractivity contribution in [3.05, 3.63) is 69.7 Å². The molecule has 35 heavy (non-hydrogen) atoms. The number of rotatable bonds is 7. The van der Waals surface area contributed by atoms with E-state index in [0.29, 0.717) is 16.5 Å². The van der Waals surface area contributed by atoms with Crippen molar-refractivity contribution in [1.82, 2.24) is 4.90 Å². The van der Waals surface area contributed by atoms with Crippen LogP contribution in [0.25, 0.3) is 0 Å². The Kier molecular flexibility index (Phi) is 8.54. The number of amides is 1. The van der Waals surface area contributed by atoms with Crippen LogP contribution < -0.4 is 0 Å². The Morgan fingerprint density at radius 1 is 1.09 bits per heavy atom. The average molecular weight is 538 g/mol. The molecule has 3 rings (SSSR count). The van der Waals surface area contributed by atoms with Crippen molar-refractivity contribution < 1.29 is 17.9 Å². The van der Waals surface area contributed by atoms with Gasteiger partial charge >= 0.3 is 0 Å². The van der Waals surface area contributed by atoms with Crippen LogP contribution in [0.15, 0.2) is 48.5 Å². The van der Waals surface area contributed by atoms with E-state index in [4.69, 9.17) is 27.9 Å². The third-order valence-corrected chi connectivity index (χ3v) is 9.48. The van der Waals surface area contributed by atoms with E-state index in [1.54, 1.807) is 56.0 Å². The zero-order valence-corrected chi connectivity index (χ0v) is 22.6. The maximum Gasteiger partial charge on any atom is 0.253 e. The second-order valence-corrected chi connectivity index (χ2v) is 13.3. The Balaban J connectivity index is 2.20. The van der Waals surface area contributed by atoms with Crippen molar-refractivity contribution in [2.24, 2.45) is 0 Å². The molecule has 0 aromatic heterocycles. The molecule has 2 aromatic carbocycles. The van der Waals surface area contributed by atoms with E-state index in [2.05, 4.69) is 0 Å². The van der Waals surface area contributed by atoms with Crippen LogP contribution in [0.1, 0.15) is 63.8 Å². The summed E-state index contributed by atoms with van der Waals surface area (Å²) in [5.41, 5.74) is 1.47. The summed E-state index contributed by atoms with van der Waals surface area (Å²) in [7, 11) is -3.55. The summed E-state index contributed by atoms with van der Waals surface area (Å²) >= 11 is 12.4. The molecule has 1 unspecified atom stereocenters. The number of nitriles is 1.